The smallest absolute Gasteiger partial charge is 0.255 e. The maximum Gasteiger partial charge on any atom is 0.255 e. The molecule has 0 spiro atoms. The molecule has 7 heteroatoms. The number of hydrogen-bond acceptors (Lipinski definition) is 4. The molecule has 1 aliphatic heterocycles. The van der Waals surface area contributed by atoms with Gasteiger partial charge in [0.1, 0.15) is 6.54 Å². The van der Waals surface area contributed by atoms with Gasteiger partial charge in [0.15, 0.2) is 0 Å². The molecule has 1 saturated heterocycles. The van der Waals surface area contributed by atoms with E-state index in [-0.39, 0.29) is 18.0 Å². The average Bonchev–Trinajstić information content (AvgIpc) is 2.83. The third-order valence-electron chi connectivity index (χ3n) is 5.00. The minimum atomic E-state index is -0.195. The molecule has 0 atom stereocenters. The third kappa shape index (κ3) is 4.46. The largest absolute Gasteiger partial charge is 0.341 e. The molecule has 7 nitrogen and oxygen atoms in total. The summed E-state index contributed by atoms with van der Waals surface area (Å²) in [7, 11) is 0. The number of amides is 1. The van der Waals surface area contributed by atoms with Crippen LogP contribution in [0.1, 0.15) is 56.1 Å². The maximum absolute atomic E-state index is 12.9. The summed E-state index contributed by atoms with van der Waals surface area (Å²) in [5.41, 5.74) is 2.29. The van der Waals surface area contributed by atoms with Crippen molar-refractivity contribution in [3.63, 3.8) is 0 Å². The van der Waals surface area contributed by atoms with E-state index in [1.54, 1.807) is 10.7 Å². The molecular weight excluding hydrogens is 342 g/mol. The van der Waals surface area contributed by atoms with Crippen LogP contribution in [-0.2, 0) is 17.8 Å². The van der Waals surface area contributed by atoms with Gasteiger partial charge in [0.25, 0.3) is 5.56 Å². The molecule has 27 heavy (non-hydrogen) atoms. The average molecular weight is 371 g/mol. The number of carbonyl (C=O) groups excluding carboxylic acids is 1. The lowest BCUT2D eigenvalue weighted by Gasteiger charge is -2.22. The van der Waals surface area contributed by atoms with Crippen molar-refractivity contribution in [2.24, 2.45) is 0 Å². The lowest BCUT2D eigenvalue weighted by Crippen LogP contribution is -2.38. The van der Waals surface area contributed by atoms with Crippen LogP contribution in [0.5, 0.6) is 0 Å². The van der Waals surface area contributed by atoms with E-state index in [0.717, 1.165) is 68.7 Å². The molecule has 1 amide bonds. The van der Waals surface area contributed by atoms with E-state index in [1.807, 2.05) is 24.8 Å². The number of nitrogens with zero attached hydrogens (tertiary/aromatic N) is 5. The highest BCUT2D eigenvalue weighted by Crippen LogP contribution is 2.13. The molecule has 1 aliphatic rings. The van der Waals surface area contributed by atoms with Gasteiger partial charge in [-0.1, -0.05) is 26.2 Å². The van der Waals surface area contributed by atoms with E-state index in [0.29, 0.717) is 5.95 Å². The fraction of sp³-hybridized carbons (Fsp3) is 0.600. The monoisotopic (exact) mass is 371 g/mol. The Morgan fingerprint density at radius 3 is 2.41 bits per heavy atom. The zero-order valence-corrected chi connectivity index (χ0v) is 16.6. The van der Waals surface area contributed by atoms with E-state index in [1.165, 1.54) is 4.57 Å². The van der Waals surface area contributed by atoms with E-state index in [2.05, 4.69) is 17.0 Å². The predicted octanol–water partition coefficient (Wildman–Crippen LogP) is 2.40. The number of aromatic nitrogens is 4. The van der Waals surface area contributed by atoms with E-state index < -0.39 is 0 Å². The molecule has 2 aromatic heterocycles. The van der Waals surface area contributed by atoms with Gasteiger partial charge in [0.2, 0.25) is 11.9 Å². The second kappa shape index (κ2) is 8.50. The Hall–Kier alpha value is -2.44. The number of rotatable bonds is 5. The van der Waals surface area contributed by atoms with Gasteiger partial charge in [0, 0.05) is 30.5 Å². The van der Waals surface area contributed by atoms with Crippen molar-refractivity contribution in [3.05, 3.63) is 39.6 Å². The van der Waals surface area contributed by atoms with Crippen LogP contribution in [0.2, 0.25) is 0 Å². The van der Waals surface area contributed by atoms with Gasteiger partial charge >= 0.3 is 0 Å². The lowest BCUT2D eigenvalue weighted by molar-refractivity contribution is -0.131. The van der Waals surface area contributed by atoms with Crippen LogP contribution in [-0.4, -0.2) is 43.2 Å². The predicted molar refractivity (Wildman–Crippen MR) is 104 cm³/mol. The zero-order chi connectivity index (χ0) is 19.4. The molecule has 1 fully saturated rings. The fourth-order valence-electron chi connectivity index (χ4n) is 3.62. The molecule has 0 saturated carbocycles. The number of likely N-dealkylation sites (tertiary alicyclic amines) is 1. The highest BCUT2D eigenvalue weighted by Gasteiger charge is 2.20. The van der Waals surface area contributed by atoms with E-state index in [4.69, 9.17) is 0 Å². The van der Waals surface area contributed by atoms with E-state index in [9.17, 15) is 9.59 Å². The molecule has 0 aromatic carbocycles. The van der Waals surface area contributed by atoms with Crippen LogP contribution in [0, 0.1) is 13.8 Å². The Morgan fingerprint density at radius 1 is 1.11 bits per heavy atom. The Labute approximate surface area is 160 Å². The zero-order valence-electron chi connectivity index (χ0n) is 16.6. The Bertz CT molecular complexity index is 860. The summed E-state index contributed by atoms with van der Waals surface area (Å²) in [5, 5.41) is 4.49. The summed E-state index contributed by atoms with van der Waals surface area (Å²) >= 11 is 0. The first-order valence-corrected chi connectivity index (χ1v) is 9.91. The molecule has 0 aliphatic carbocycles. The van der Waals surface area contributed by atoms with Crippen molar-refractivity contribution in [1.29, 1.82) is 0 Å². The second-order valence-corrected chi connectivity index (χ2v) is 7.36. The van der Waals surface area contributed by atoms with Gasteiger partial charge in [-0.3, -0.25) is 14.2 Å². The maximum atomic E-state index is 12.9. The summed E-state index contributed by atoms with van der Waals surface area (Å²) in [6.45, 7) is 7.43. The Morgan fingerprint density at radius 2 is 1.81 bits per heavy atom. The van der Waals surface area contributed by atoms with Gasteiger partial charge < -0.3 is 4.90 Å². The molecule has 0 radical (unpaired) electrons. The van der Waals surface area contributed by atoms with Crippen molar-refractivity contribution in [2.45, 2.75) is 65.8 Å². The van der Waals surface area contributed by atoms with Crippen LogP contribution in [0.4, 0.5) is 0 Å². The molecule has 146 valence electrons. The van der Waals surface area contributed by atoms with Crippen molar-refractivity contribution in [2.75, 3.05) is 13.1 Å². The quantitative estimate of drug-likeness (QED) is 0.809. The van der Waals surface area contributed by atoms with E-state index >= 15 is 0 Å². The number of aryl methyl sites for hydroxylation is 3. The lowest BCUT2D eigenvalue weighted by atomic mass is 10.2. The van der Waals surface area contributed by atoms with Gasteiger partial charge in [0.05, 0.1) is 5.69 Å². The summed E-state index contributed by atoms with van der Waals surface area (Å²) in [4.78, 5) is 32.2. The Kier molecular flexibility index (Phi) is 6.08. The first kappa shape index (κ1) is 19.3. The first-order valence-electron chi connectivity index (χ1n) is 9.91. The molecule has 0 bridgehead atoms. The van der Waals surface area contributed by atoms with Gasteiger partial charge in [-0.2, -0.15) is 5.10 Å². The van der Waals surface area contributed by atoms with Crippen molar-refractivity contribution in [3.8, 4) is 5.95 Å². The number of hydrogen-bond donors (Lipinski definition) is 0. The minimum absolute atomic E-state index is 0.00587. The van der Waals surface area contributed by atoms with Crippen LogP contribution in [0.25, 0.3) is 5.95 Å². The van der Waals surface area contributed by atoms with Crippen molar-refractivity contribution < 1.29 is 4.79 Å². The molecule has 0 N–H and O–H groups in total. The molecule has 2 aromatic rings. The highest BCUT2D eigenvalue weighted by atomic mass is 16.2. The summed E-state index contributed by atoms with van der Waals surface area (Å²) in [5.74, 6) is 0.409. The topological polar surface area (TPSA) is 73.0 Å². The summed E-state index contributed by atoms with van der Waals surface area (Å²) in [6.07, 6.45) is 6.00. The summed E-state index contributed by atoms with van der Waals surface area (Å²) < 4.78 is 3.14. The molecular formula is C20H29N5O2. The van der Waals surface area contributed by atoms with Gasteiger partial charge in [-0.25, -0.2) is 9.67 Å². The Balaban J connectivity index is 1.99. The SMILES string of the molecule is CCCc1cc(=O)n(CC(=O)N2CCCCCC2)c(-n2nc(C)cc2C)n1. The molecule has 0 unspecified atom stereocenters. The second-order valence-electron chi connectivity index (χ2n) is 7.36. The van der Waals surface area contributed by atoms with Crippen LogP contribution >= 0.6 is 0 Å². The van der Waals surface area contributed by atoms with Crippen LogP contribution in [0.15, 0.2) is 16.9 Å². The van der Waals surface area contributed by atoms with Crippen LogP contribution in [0.3, 0.4) is 0 Å². The number of carbonyl (C=O) groups is 1. The molecule has 3 rings (SSSR count). The molecule has 3 heterocycles. The normalized spacial score (nSPS) is 15.0. The van der Waals surface area contributed by atoms with Crippen LogP contribution < -0.4 is 5.56 Å². The standard InChI is InChI=1S/C20H29N5O2/c1-4-9-17-13-18(26)24(14-19(27)23-10-7-5-6-8-11-23)20(21-17)25-16(3)12-15(2)22-25/h12-13H,4-11,14H2,1-3H3. The summed E-state index contributed by atoms with van der Waals surface area (Å²) in [6, 6.07) is 3.49. The first-order chi connectivity index (χ1) is 13.0. The van der Waals surface area contributed by atoms with Gasteiger partial charge in [-0.05, 0) is 39.2 Å². The highest BCUT2D eigenvalue weighted by molar-refractivity contribution is 5.76. The fourth-order valence-corrected chi connectivity index (χ4v) is 3.62. The third-order valence-corrected chi connectivity index (χ3v) is 5.00. The van der Waals surface area contributed by atoms with Crippen molar-refractivity contribution >= 4 is 5.91 Å². The van der Waals surface area contributed by atoms with Gasteiger partial charge in [-0.15, -0.1) is 0 Å². The minimum Gasteiger partial charge on any atom is -0.341 e. The van der Waals surface area contributed by atoms with Crippen molar-refractivity contribution in [1.82, 2.24) is 24.2 Å².